The Morgan fingerprint density at radius 3 is 2.43 bits per heavy atom. The minimum Gasteiger partial charge on any atom is -0.493 e. The first kappa shape index (κ1) is 22.7. The lowest BCUT2D eigenvalue weighted by Gasteiger charge is -2.09. The van der Waals surface area contributed by atoms with Gasteiger partial charge in [0.25, 0.3) is 5.91 Å². The number of anilines is 1. The fraction of sp³-hybridized carbons (Fsp3) is 0.292. The van der Waals surface area contributed by atoms with Crippen molar-refractivity contribution in [3.05, 3.63) is 65.2 Å². The molecule has 0 aromatic heterocycles. The molecule has 0 atom stereocenters. The number of esters is 1. The SMILES string of the molecule is CCCCOC(=O)c1ccc(NC(=O)/C(C#N)=C\c2ccccc2OCCC)cc1. The summed E-state index contributed by atoms with van der Waals surface area (Å²) >= 11 is 0. The van der Waals surface area contributed by atoms with Crippen LogP contribution in [0.15, 0.2) is 54.1 Å². The Balaban J connectivity index is 2.08. The fourth-order valence-electron chi connectivity index (χ4n) is 2.53. The van der Waals surface area contributed by atoms with Gasteiger partial charge in [-0.1, -0.05) is 38.5 Å². The highest BCUT2D eigenvalue weighted by Gasteiger charge is 2.12. The molecule has 6 heteroatoms. The third-order valence-electron chi connectivity index (χ3n) is 4.16. The maximum Gasteiger partial charge on any atom is 0.338 e. The second-order valence-corrected chi connectivity index (χ2v) is 6.58. The van der Waals surface area contributed by atoms with Crippen molar-refractivity contribution in [3.8, 4) is 11.8 Å². The van der Waals surface area contributed by atoms with Crippen molar-refractivity contribution < 1.29 is 19.1 Å². The number of carbonyl (C=O) groups is 2. The number of hydrogen-bond donors (Lipinski definition) is 1. The molecule has 1 amide bonds. The van der Waals surface area contributed by atoms with Gasteiger partial charge in [0.15, 0.2) is 0 Å². The number of unbranched alkanes of at least 4 members (excludes halogenated alkanes) is 1. The number of rotatable bonds is 10. The van der Waals surface area contributed by atoms with Gasteiger partial charge in [0.2, 0.25) is 0 Å². The van der Waals surface area contributed by atoms with E-state index in [1.54, 1.807) is 36.4 Å². The average molecular weight is 406 g/mol. The number of carbonyl (C=O) groups excluding carboxylic acids is 2. The number of benzene rings is 2. The number of ether oxygens (including phenoxy) is 2. The fourth-order valence-corrected chi connectivity index (χ4v) is 2.53. The zero-order chi connectivity index (χ0) is 21.8. The van der Waals surface area contributed by atoms with Crippen molar-refractivity contribution in [2.45, 2.75) is 33.1 Å². The van der Waals surface area contributed by atoms with Crippen molar-refractivity contribution in [2.75, 3.05) is 18.5 Å². The smallest absolute Gasteiger partial charge is 0.338 e. The first-order valence-electron chi connectivity index (χ1n) is 10.0. The molecule has 2 aromatic rings. The van der Waals surface area contributed by atoms with Gasteiger partial charge in [-0.25, -0.2) is 4.79 Å². The van der Waals surface area contributed by atoms with E-state index in [4.69, 9.17) is 9.47 Å². The van der Waals surface area contributed by atoms with E-state index >= 15 is 0 Å². The van der Waals surface area contributed by atoms with Crippen molar-refractivity contribution in [1.82, 2.24) is 0 Å². The summed E-state index contributed by atoms with van der Waals surface area (Å²) in [5.74, 6) is -0.325. The van der Waals surface area contributed by atoms with Crippen molar-refractivity contribution in [3.63, 3.8) is 0 Å². The highest BCUT2D eigenvalue weighted by Crippen LogP contribution is 2.22. The van der Waals surface area contributed by atoms with E-state index in [9.17, 15) is 14.9 Å². The summed E-state index contributed by atoms with van der Waals surface area (Å²) < 4.78 is 10.8. The largest absolute Gasteiger partial charge is 0.493 e. The zero-order valence-corrected chi connectivity index (χ0v) is 17.3. The standard InChI is InChI=1S/C24H26N2O4/c1-3-5-15-30-24(28)18-10-12-21(13-11-18)26-23(27)20(17-25)16-19-8-6-7-9-22(19)29-14-4-2/h6-13,16H,3-5,14-15H2,1-2H3,(H,26,27)/b20-16-. The van der Waals surface area contributed by atoms with E-state index in [-0.39, 0.29) is 5.57 Å². The molecule has 0 radical (unpaired) electrons. The van der Waals surface area contributed by atoms with Crippen LogP contribution >= 0.6 is 0 Å². The van der Waals surface area contributed by atoms with Gasteiger partial charge < -0.3 is 14.8 Å². The molecule has 0 saturated carbocycles. The van der Waals surface area contributed by atoms with Crippen LogP contribution in [-0.4, -0.2) is 25.1 Å². The molecule has 1 N–H and O–H groups in total. The minimum atomic E-state index is -0.541. The summed E-state index contributed by atoms with van der Waals surface area (Å²) in [5.41, 5.74) is 1.48. The maximum atomic E-state index is 12.5. The van der Waals surface area contributed by atoms with Gasteiger partial charge in [0.05, 0.1) is 18.8 Å². The van der Waals surface area contributed by atoms with Crippen molar-refractivity contribution >= 4 is 23.6 Å². The summed E-state index contributed by atoms with van der Waals surface area (Å²) in [6.45, 7) is 4.95. The molecule has 30 heavy (non-hydrogen) atoms. The van der Waals surface area contributed by atoms with Gasteiger partial charge >= 0.3 is 5.97 Å². The van der Waals surface area contributed by atoms with Gasteiger partial charge in [-0.05, 0) is 49.2 Å². The molecule has 156 valence electrons. The molecular formula is C24H26N2O4. The number of hydrogen-bond acceptors (Lipinski definition) is 5. The van der Waals surface area contributed by atoms with E-state index in [1.165, 1.54) is 6.08 Å². The van der Waals surface area contributed by atoms with Gasteiger partial charge in [-0.15, -0.1) is 0 Å². The molecular weight excluding hydrogens is 380 g/mol. The minimum absolute atomic E-state index is 0.0504. The predicted molar refractivity (Wildman–Crippen MR) is 116 cm³/mol. The number of amides is 1. The van der Waals surface area contributed by atoms with Crippen molar-refractivity contribution in [1.29, 1.82) is 5.26 Å². The molecule has 0 saturated heterocycles. The summed E-state index contributed by atoms with van der Waals surface area (Å²) in [6, 6.07) is 15.5. The van der Waals surface area contributed by atoms with Crippen LogP contribution in [0.2, 0.25) is 0 Å². The molecule has 0 aliphatic heterocycles. The molecule has 2 rings (SSSR count). The maximum absolute atomic E-state index is 12.5. The van der Waals surface area contributed by atoms with E-state index in [0.717, 1.165) is 19.3 Å². The monoisotopic (exact) mass is 406 g/mol. The van der Waals surface area contributed by atoms with Crippen LogP contribution < -0.4 is 10.1 Å². The molecule has 6 nitrogen and oxygen atoms in total. The second kappa shape index (κ2) is 12.1. The number of para-hydroxylation sites is 1. The molecule has 0 aliphatic carbocycles. The highest BCUT2D eigenvalue weighted by molar-refractivity contribution is 6.10. The first-order chi connectivity index (χ1) is 14.6. The quantitative estimate of drug-likeness (QED) is 0.260. The van der Waals surface area contributed by atoms with Crippen LogP contribution in [0.1, 0.15) is 49.0 Å². The Kier molecular flexibility index (Phi) is 9.14. The number of nitrogens with one attached hydrogen (secondary N) is 1. The first-order valence-corrected chi connectivity index (χ1v) is 10.0. The van der Waals surface area contributed by atoms with E-state index < -0.39 is 11.9 Å². The van der Waals surface area contributed by atoms with Crippen LogP contribution in [0.25, 0.3) is 6.08 Å². The molecule has 0 heterocycles. The van der Waals surface area contributed by atoms with E-state index in [2.05, 4.69) is 5.32 Å². The third kappa shape index (κ3) is 6.78. The van der Waals surface area contributed by atoms with Crippen LogP contribution in [0.4, 0.5) is 5.69 Å². The van der Waals surface area contributed by atoms with Crippen LogP contribution in [0.5, 0.6) is 5.75 Å². The lowest BCUT2D eigenvalue weighted by atomic mass is 10.1. The van der Waals surface area contributed by atoms with Crippen LogP contribution in [0, 0.1) is 11.3 Å². The Bertz CT molecular complexity index is 927. The lowest BCUT2D eigenvalue weighted by molar-refractivity contribution is -0.112. The normalized spacial score (nSPS) is 10.8. The lowest BCUT2D eigenvalue weighted by Crippen LogP contribution is -2.14. The molecule has 0 unspecified atom stereocenters. The number of nitriles is 1. The summed E-state index contributed by atoms with van der Waals surface area (Å²) in [5, 5.41) is 12.1. The van der Waals surface area contributed by atoms with Crippen molar-refractivity contribution in [2.24, 2.45) is 0 Å². The molecule has 0 aliphatic rings. The Hall–Kier alpha value is -3.59. The molecule has 0 bridgehead atoms. The summed E-state index contributed by atoms with van der Waals surface area (Å²) in [6.07, 6.45) is 4.11. The Morgan fingerprint density at radius 1 is 1.03 bits per heavy atom. The van der Waals surface area contributed by atoms with Gasteiger partial charge in [-0.2, -0.15) is 5.26 Å². The summed E-state index contributed by atoms with van der Waals surface area (Å²) in [4.78, 5) is 24.5. The Morgan fingerprint density at radius 2 is 1.77 bits per heavy atom. The third-order valence-corrected chi connectivity index (χ3v) is 4.16. The van der Waals surface area contributed by atoms with E-state index in [0.29, 0.717) is 35.8 Å². The average Bonchev–Trinajstić information content (AvgIpc) is 2.77. The number of nitrogens with zero attached hydrogens (tertiary/aromatic N) is 1. The van der Waals surface area contributed by atoms with Gasteiger partial charge in [0, 0.05) is 11.3 Å². The predicted octanol–water partition coefficient (Wildman–Crippen LogP) is 4.98. The van der Waals surface area contributed by atoms with E-state index in [1.807, 2.05) is 32.0 Å². The summed E-state index contributed by atoms with van der Waals surface area (Å²) in [7, 11) is 0. The highest BCUT2D eigenvalue weighted by atomic mass is 16.5. The molecule has 0 spiro atoms. The van der Waals surface area contributed by atoms with Crippen LogP contribution in [0.3, 0.4) is 0 Å². The van der Waals surface area contributed by atoms with Gasteiger partial charge in [0.1, 0.15) is 17.4 Å². The Labute approximate surface area is 177 Å². The second-order valence-electron chi connectivity index (χ2n) is 6.58. The van der Waals surface area contributed by atoms with Gasteiger partial charge in [-0.3, -0.25) is 4.79 Å². The zero-order valence-electron chi connectivity index (χ0n) is 17.3. The topological polar surface area (TPSA) is 88.4 Å². The van der Waals surface area contributed by atoms with Crippen LogP contribution in [-0.2, 0) is 9.53 Å². The molecule has 2 aromatic carbocycles. The molecule has 0 fully saturated rings.